The van der Waals surface area contributed by atoms with E-state index in [-0.39, 0.29) is 10.6 Å². The van der Waals surface area contributed by atoms with E-state index in [1.807, 2.05) is 12.1 Å². The van der Waals surface area contributed by atoms with Gasteiger partial charge in [-0.3, -0.25) is 0 Å². The molecule has 3 rings (SSSR count). The molecule has 0 amide bonds. The summed E-state index contributed by atoms with van der Waals surface area (Å²) < 4.78 is 63.4. The van der Waals surface area contributed by atoms with Gasteiger partial charge in [0.05, 0.1) is 0 Å². The number of aryl methyl sites for hydroxylation is 1. The molecule has 3 aromatic carbocycles. The number of benzene rings is 3. The maximum atomic E-state index is 12.5. The molecular formula is C17H13O6S2. The lowest BCUT2D eigenvalue weighted by Crippen LogP contribution is -2.11. The van der Waals surface area contributed by atoms with Crippen LogP contribution in [0, 0.1) is 6.92 Å². The Labute approximate surface area is 145 Å². The third kappa shape index (κ3) is 3.65. The highest BCUT2D eigenvalue weighted by Crippen LogP contribution is 2.27. The maximum absolute atomic E-state index is 12.5. The van der Waals surface area contributed by atoms with Gasteiger partial charge in [0.25, 0.3) is 0 Å². The van der Waals surface area contributed by atoms with Gasteiger partial charge in [0.1, 0.15) is 15.5 Å². The van der Waals surface area contributed by atoms with Crippen molar-refractivity contribution in [3.8, 4) is 5.75 Å². The molecule has 25 heavy (non-hydrogen) atoms. The third-order valence-electron chi connectivity index (χ3n) is 3.66. The van der Waals surface area contributed by atoms with E-state index in [0.717, 1.165) is 22.9 Å². The Morgan fingerprint density at radius 2 is 1.40 bits per heavy atom. The highest BCUT2D eigenvalue weighted by atomic mass is 32.2. The van der Waals surface area contributed by atoms with Gasteiger partial charge >= 0.3 is 20.2 Å². The first-order valence-electron chi connectivity index (χ1n) is 7.17. The van der Waals surface area contributed by atoms with Gasteiger partial charge in [-0.15, -0.1) is 0 Å². The maximum Gasteiger partial charge on any atom is 0.339 e. The minimum Gasteiger partial charge on any atom is -0.379 e. The summed E-state index contributed by atoms with van der Waals surface area (Å²) in [5.41, 5.74) is 0.386. The molecule has 0 saturated heterocycles. The van der Waals surface area contributed by atoms with Crippen LogP contribution >= 0.6 is 0 Å². The molecular weight excluding hydrogens is 364 g/mol. The Morgan fingerprint density at radius 1 is 0.760 bits per heavy atom. The normalized spacial score (nSPS) is 12.2. The standard InChI is InChI=1S/C17H13O6S2/c1-12-6-8-15(24(18,19)20)11-17(12)23-25(21,22)16-9-7-13-4-2-3-5-14(13)10-16/h2-11H,1H3. The summed E-state index contributed by atoms with van der Waals surface area (Å²) in [4.78, 5) is -0.622. The van der Waals surface area contributed by atoms with Crippen molar-refractivity contribution in [3.05, 3.63) is 66.2 Å². The predicted octanol–water partition coefficient (Wildman–Crippen LogP) is 3.04. The largest absolute Gasteiger partial charge is 0.379 e. The molecule has 0 N–H and O–H groups in total. The monoisotopic (exact) mass is 377 g/mol. The molecule has 0 aliphatic heterocycles. The third-order valence-corrected chi connectivity index (χ3v) is 5.72. The van der Waals surface area contributed by atoms with Gasteiger partial charge in [-0.25, -0.2) is 0 Å². The van der Waals surface area contributed by atoms with Crippen LogP contribution in [0.1, 0.15) is 5.56 Å². The molecule has 0 heterocycles. The molecule has 0 saturated carbocycles. The van der Waals surface area contributed by atoms with Crippen molar-refractivity contribution < 1.29 is 25.6 Å². The van der Waals surface area contributed by atoms with Crippen LogP contribution in [0.3, 0.4) is 0 Å². The van der Waals surface area contributed by atoms with E-state index in [1.165, 1.54) is 18.2 Å². The molecule has 0 atom stereocenters. The van der Waals surface area contributed by atoms with E-state index in [9.17, 15) is 21.4 Å². The summed E-state index contributed by atoms with van der Waals surface area (Å²) in [6, 6.07) is 15.1. The van der Waals surface area contributed by atoms with E-state index in [0.29, 0.717) is 5.56 Å². The van der Waals surface area contributed by atoms with Crippen LogP contribution in [0.4, 0.5) is 0 Å². The summed E-state index contributed by atoms with van der Waals surface area (Å²) in [5, 5.41) is 1.59. The van der Waals surface area contributed by atoms with Gasteiger partial charge in [-0.2, -0.15) is 16.8 Å². The van der Waals surface area contributed by atoms with Crippen molar-refractivity contribution in [3.63, 3.8) is 0 Å². The minimum absolute atomic E-state index is 0.0685. The lowest BCUT2D eigenvalue weighted by molar-refractivity contribution is 0.413. The van der Waals surface area contributed by atoms with Gasteiger partial charge in [0.2, 0.25) is 0 Å². The molecule has 3 aromatic rings. The average molecular weight is 377 g/mol. The zero-order valence-electron chi connectivity index (χ0n) is 13.0. The second-order valence-corrected chi connectivity index (χ2v) is 8.35. The second kappa shape index (κ2) is 6.14. The zero-order valence-corrected chi connectivity index (χ0v) is 14.7. The molecule has 0 unspecified atom stereocenters. The van der Waals surface area contributed by atoms with E-state index in [4.69, 9.17) is 4.18 Å². The van der Waals surface area contributed by atoms with Gasteiger partial charge in [-0.1, -0.05) is 41.0 Å². The van der Waals surface area contributed by atoms with Crippen molar-refractivity contribution in [2.24, 2.45) is 0 Å². The molecule has 6 nitrogen and oxygen atoms in total. The zero-order chi connectivity index (χ0) is 18.2. The molecule has 0 fully saturated rings. The Hall–Kier alpha value is -2.42. The number of hydrogen-bond acceptors (Lipinski definition) is 5. The van der Waals surface area contributed by atoms with E-state index in [2.05, 4.69) is 0 Å². The van der Waals surface area contributed by atoms with Crippen molar-refractivity contribution in [2.75, 3.05) is 0 Å². The fourth-order valence-corrected chi connectivity index (χ4v) is 3.82. The van der Waals surface area contributed by atoms with Crippen LogP contribution in [0.2, 0.25) is 0 Å². The number of hydrogen-bond donors (Lipinski definition) is 0. The highest BCUT2D eigenvalue weighted by molar-refractivity contribution is 7.87. The van der Waals surface area contributed by atoms with Crippen LogP contribution in [0.15, 0.2) is 70.5 Å². The molecule has 0 aromatic heterocycles. The smallest absolute Gasteiger partial charge is 0.339 e. The summed E-state index contributed by atoms with van der Waals surface area (Å²) >= 11 is 0. The van der Waals surface area contributed by atoms with E-state index >= 15 is 0 Å². The van der Waals surface area contributed by atoms with Gasteiger partial charge < -0.3 is 4.18 Å². The van der Waals surface area contributed by atoms with Crippen LogP contribution in [0.5, 0.6) is 5.75 Å². The van der Waals surface area contributed by atoms with Gasteiger partial charge in [0, 0.05) is 6.07 Å². The van der Waals surface area contributed by atoms with E-state index < -0.39 is 25.1 Å². The van der Waals surface area contributed by atoms with Crippen LogP contribution in [0.25, 0.3) is 10.8 Å². The van der Waals surface area contributed by atoms with E-state index in [1.54, 1.807) is 25.1 Å². The average Bonchev–Trinajstić information content (AvgIpc) is 2.55. The summed E-state index contributed by atoms with van der Waals surface area (Å²) in [6.07, 6.45) is 0. The minimum atomic E-state index is -4.72. The van der Waals surface area contributed by atoms with Crippen LogP contribution < -0.4 is 4.18 Å². The molecule has 0 bridgehead atoms. The fraction of sp³-hybridized carbons (Fsp3) is 0.0588. The van der Waals surface area contributed by atoms with Gasteiger partial charge in [-0.05, 0) is 41.5 Å². The van der Waals surface area contributed by atoms with Crippen LogP contribution in [-0.2, 0) is 24.8 Å². The lowest BCUT2D eigenvalue weighted by atomic mass is 10.1. The van der Waals surface area contributed by atoms with Crippen LogP contribution in [-0.4, -0.2) is 16.8 Å². The van der Waals surface area contributed by atoms with Crippen molar-refractivity contribution >= 4 is 31.0 Å². The molecule has 0 spiro atoms. The Kier molecular flexibility index (Phi) is 4.28. The molecule has 8 heteroatoms. The Morgan fingerprint density at radius 3 is 2.08 bits per heavy atom. The molecule has 1 radical (unpaired) electrons. The SMILES string of the molecule is Cc1ccc(S([O])(=O)=O)cc1OS(=O)(=O)c1ccc2ccccc2c1. The van der Waals surface area contributed by atoms with Crippen molar-refractivity contribution in [1.82, 2.24) is 0 Å². The quantitative estimate of drug-likeness (QED) is 0.651. The summed E-state index contributed by atoms with van der Waals surface area (Å²) in [6.45, 7) is 1.55. The number of fused-ring (bicyclic) bond motifs is 1. The molecule has 0 aliphatic carbocycles. The second-order valence-electron chi connectivity index (χ2n) is 5.43. The first-order chi connectivity index (χ1) is 11.7. The summed E-state index contributed by atoms with van der Waals surface area (Å²) in [5.74, 6) is -0.204. The Balaban J connectivity index is 2.03. The highest BCUT2D eigenvalue weighted by Gasteiger charge is 2.21. The molecule has 129 valence electrons. The lowest BCUT2D eigenvalue weighted by Gasteiger charge is -2.11. The first kappa shape index (κ1) is 17.4. The van der Waals surface area contributed by atoms with Crippen molar-refractivity contribution in [1.29, 1.82) is 0 Å². The van der Waals surface area contributed by atoms with Gasteiger partial charge in [0.15, 0.2) is 0 Å². The Bertz CT molecular complexity index is 1160. The number of rotatable bonds is 4. The fourth-order valence-electron chi connectivity index (χ4n) is 2.31. The predicted molar refractivity (Wildman–Crippen MR) is 90.8 cm³/mol. The summed E-state index contributed by atoms with van der Waals surface area (Å²) in [7, 11) is -8.90. The first-order valence-corrected chi connectivity index (χ1v) is 9.98. The molecule has 0 aliphatic rings. The topological polar surface area (TPSA) is 97.4 Å². The van der Waals surface area contributed by atoms with Crippen molar-refractivity contribution in [2.45, 2.75) is 16.7 Å².